The van der Waals surface area contributed by atoms with Gasteiger partial charge in [-0.3, -0.25) is 10.2 Å². The van der Waals surface area contributed by atoms with E-state index in [9.17, 15) is 4.79 Å². The quantitative estimate of drug-likeness (QED) is 0.192. The Hall–Kier alpha value is -1.14. The predicted octanol–water partition coefficient (Wildman–Crippen LogP) is 1.43. The topological polar surface area (TPSA) is 80.9 Å². The van der Waals surface area contributed by atoms with Gasteiger partial charge in [0.1, 0.15) is 0 Å². The second-order valence-electron chi connectivity index (χ2n) is 3.77. The zero-order valence-corrected chi connectivity index (χ0v) is 10.8. The molecule has 1 heterocycles. The van der Waals surface area contributed by atoms with Crippen LogP contribution in [0.5, 0.6) is 0 Å². The second-order valence-corrected chi connectivity index (χ2v) is 4.83. The summed E-state index contributed by atoms with van der Waals surface area (Å²) in [5.41, 5.74) is 3.19. The normalized spacial score (nSPS) is 10.2. The number of carbonyl (C=O) groups excluding carboxylic acids is 1. The molecule has 1 rings (SSSR count). The molecule has 6 heteroatoms. The predicted molar refractivity (Wildman–Crippen MR) is 68.3 cm³/mol. The van der Waals surface area contributed by atoms with Crippen molar-refractivity contribution in [1.82, 2.24) is 15.4 Å². The summed E-state index contributed by atoms with van der Waals surface area (Å²) in [6, 6.07) is 0. The minimum atomic E-state index is -0.0977. The molecule has 0 saturated carbocycles. The maximum atomic E-state index is 10.8. The summed E-state index contributed by atoms with van der Waals surface area (Å²) in [6.45, 7) is 1.97. The molecule has 17 heavy (non-hydrogen) atoms. The lowest BCUT2D eigenvalue weighted by Gasteiger charge is -2.01. The Morgan fingerprint density at radius 2 is 2.06 bits per heavy atom. The zero-order chi connectivity index (χ0) is 12.5. The van der Waals surface area contributed by atoms with Crippen LogP contribution in [0.2, 0.25) is 0 Å². The molecule has 0 aliphatic heterocycles. The van der Waals surface area contributed by atoms with Crippen molar-refractivity contribution in [2.24, 2.45) is 5.84 Å². The van der Waals surface area contributed by atoms with Gasteiger partial charge in [0, 0.05) is 24.6 Å². The number of unbranched alkanes of at least 4 members (excludes halogenated alkanes) is 2. The van der Waals surface area contributed by atoms with E-state index in [-0.39, 0.29) is 5.91 Å². The van der Waals surface area contributed by atoms with E-state index in [1.165, 1.54) is 0 Å². The Morgan fingerprint density at radius 1 is 1.35 bits per heavy atom. The molecule has 0 fully saturated rings. The molecule has 0 saturated heterocycles. The first kappa shape index (κ1) is 13.9. The van der Waals surface area contributed by atoms with E-state index in [1.54, 1.807) is 11.8 Å². The van der Waals surface area contributed by atoms with Crippen LogP contribution in [0.4, 0.5) is 0 Å². The smallest absolute Gasteiger partial charge is 0.233 e. The minimum absolute atomic E-state index is 0.0977. The van der Waals surface area contributed by atoms with Gasteiger partial charge in [-0.05, 0) is 25.3 Å². The van der Waals surface area contributed by atoms with E-state index in [0.29, 0.717) is 6.42 Å². The molecule has 1 amide bonds. The maximum Gasteiger partial charge on any atom is 0.233 e. The number of aryl methyl sites for hydroxylation is 1. The van der Waals surface area contributed by atoms with Gasteiger partial charge in [-0.25, -0.2) is 15.8 Å². The Kier molecular flexibility index (Phi) is 6.57. The third-order valence-electron chi connectivity index (χ3n) is 2.20. The molecule has 5 nitrogen and oxygen atoms in total. The number of hydrazine groups is 1. The first-order valence-electron chi connectivity index (χ1n) is 5.63. The van der Waals surface area contributed by atoms with Crippen LogP contribution in [0.15, 0.2) is 17.6 Å². The molecular weight excluding hydrogens is 236 g/mol. The van der Waals surface area contributed by atoms with Gasteiger partial charge in [-0.15, -0.1) is 0 Å². The molecule has 0 aliphatic carbocycles. The maximum absolute atomic E-state index is 10.8. The van der Waals surface area contributed by atoms with E-state index in [0.717, 1.165) is 35.7 Å². The molecule has 0 aromatic carbocycles. The van der Waals surface area contributed by atoms with Crippen molar-refractivity contribution < 1.29 is 4.79 Å². The average molecular weight is 254 g/mol. The van der Waals surface area contributed by atoms with Gasteiger partial charge in [0.05, 0.1) is 0 Å². The largest absolute Gasteiger partial charge is 0.294 e. The standard InChI is InChI=1S/C11H18N4OS/c1-9-7-13-11(14-8-9)17-6-4-2-3-5-10(16)15-12/h7-8H,2-6,12H2,1H3,(H,15,16). The number of thioether (sulfide) groups is 1. The molecule has 0 spiro atoms. The lowest BCUT2D eigenvalue weighted by atomic mass is 10.2. The van der Waals surface area contributed by atoms with Crippen LogP contribution in [0.3, 0.4) is 0 Å². The lowest BCUT2D eigenvalue weighted by Crippen LogP contribution is -2.29. The third-order valence-corrected chi connectivity index (χ3v) is 3.16. The fraction of sp³-hybridized carbons (Fsp3) is 0.545. The summed E-state index contributed by atoms with van der Waals surface area (Å²) in [5, 5.41) is 0.815. The summed E-state index contributed by atoms with van der Waals surface area (Å²) in [6.07, 6.45) is 7.09. The second kappa shape index (κ2) is 8.03. The van der Waals surface area contributed by atoms with Crippen molar-refractivity contribution in [1.29, 1.82) is 0 Å². The Balaban J connectivity index is 2.04. The van der Waals surface area contributed by atoms with Crippen LogP contribution < -0.4 is 11.3 Å². The number of hydrogen-bond acceptors (Lipinski definition) is 5. The van der Waals surface area contributed by atoms with Gasteiger partial charge in [-0.1, -0.05) is 18.2 Å². The summed E-state index contributed by atoms with van der Waals surface area (Å²) in [4.78, 5) is 19.3. The molecular formula is C11H18N4OS. The summed E-state index contributed by atoms with van der Waals surface area (Å²) >= 11 is 1.65. The van der Waals surface area contributed by atoms with Gasteiger partial charge in [0.25, 0.3) is 0 Å². The van der Waals surface area contributed by atoms with E-state index in [2.05, 4.69) is 15.4 Å². The minimum Gasteiger partial charge on any atom is -0.294 e. The molecule has 0 radical (unpaired) electrons. The van der Waals surface area contributed by atoms with Gasteiger partial charge in [0.15, 0.2) is 5.16 Å². The van der Waals surface area contributed by atoms with Gasteiger partial charge < -0.3 is 0 Å². The molecule has 0 aliphatic rings. The summed E-state index contributed by atoms with van der Waals surface area (Å²) < 4.78 is 0. The highest BCUT2D eigenvalue weighted by molar-refractivity contribution is 7.99. The van der Waals surface area contributed by atoms with Crippen LogP contribution in [-0.4, -0.2) is 21.6 Å². The van der Waals surface area contributed by atoms with Crippen molar-refractivity contribution in [3.63, 3.8) is 0 Å². The van der Waals surface area contributed by atoms with Crippen molar-refractivity contribution in [3.05, 3.63) is 18.0 Å². The molecule has 3 N–H and O–H groups in total. The number of amides is 1. The van der Waals surface area contributed by atoms with Gasteiger partial charge in [0.2, 0.25) is 5.91 Å². The highest BCUT2D eigenvalue weighted by atomic mass is 32.2. The van der Waals surface area contributed by atoms with Crippen molar-refractivity contribution in [3.8, 4) is 0 Å². The first-order chi connectivity index (χ1) is 8.22. The zero-order valence-electron chi connectivity index (χ0n) is 9.98. The molecule has 0 unspecified atom stereocenters. The molecule has 1 aromatic heterocycles. The highest BCUT2D eigenvalue weighted by Gasteiger charge is 1.99. The van der Waals surface area contributed by atoms with Crippen LogP contribution in [-0.2, 0) is 4.79 Å². The number of aromatic nitrogens is 2. The SMILES string of the molecule is Cc1cnc(SCCCCCC(=O)NN)nc1. The van der Waals surface area contributed by atoms with Crippen LogP contribution in [0.1, 0.15) is 31.2 Å². The highest BCUT2D eigenvalue weighted by Crippen LogP contribution is 2.14. The Labute approximate surface area is 106 Å². The van der Waals surface area contributed by atoms with E-state index in [1.807, 2.05) is 19.3 Å². The Bertz CT molecular complexity index is 342. The van der Waals surface area contributed by atoms with Crippen LogP contribution in [0, 0.1) is 6.92 Å². The fourth-order valence-corrected chi connectivity index (χ4v) is 2.04. The van der Waals surface area contributed by atoms with E-state index < -0.39 is 0 Å². The number of carbonyl (C=O) groups is 1. The number of rotatable bonds is 7. The van der Waals surface area contributed by atoms with Crippen LogP contribution in [0.25, 0.3) is 0 Å². The molecule has 0 atom stereocenters. The van der Waals surface area contributed by atoms with Crippen molar-refractivity contribution in [2.75, 3.05) is 5.75 Å². The third kappa shape index (κ3) is 6.23. The molecule has 0 bridgehead atoms. The average Bonchev–Trinajstić information content (AvgIpc) is 2.35. The van der Waals surface area contributed by atoms with E-state index in [4.69, 9.17) is 5.84 Å². The summed E-state index contributed by atoms with van der Waals surface area (Å²) in [7, 11) is 0. The fourth-order valence-electron chi connectivity index (χ4n) is 1.26. The first-order valence-corrected chi connectivity index (χ1v) is 6.62. The molecule has 94 valence electrons. The van der Waals surface area contributed by atoms with Crippen molar-refractivity contribution in [2.45, 2.75) is 37.8 Å². The Morgan fingerprint density at radius 3 is 2.71 bits per heavy atom. The number of hydrogen-bond donors (Lipinski definition) is 2. The van der Waals surface area contributed by atoms with Gasteiger partial charge in [-0.2, -0.15) is 0 Å². The van der Waals surface area contributed by atoms with Crippen molar-refractivity contribution >= 4 is 17.7 Å². The number of nitrogens with one attached hydrogen (secondary N) is 1. The molecule has 1 aromatic rings. The van der Waals surface area contributed by atoms with E-state index >= 15 is 0 Å². The lowest BCUT2D eigenvalue weighted by molar-refractivity contribution is -0.121. The van der Waals surface area contributed by atoms with Gasteiger partial charge >= 0.3 is 0 Å². The van der Waals surface area contributed by atoms with Crippen LogP contribution >= 0.6 is 11.8 Å². The summed E-state index contributed by atoms with van der Waals surface area (Å²) in [5.74, 6) is 5.86. The number of nitrogens with two attached hydrogens (primary N) is 1. The monoisotopic (exact) mass is 254 g/mol. The number of nitrogens with zero attached hydrogens (tertiary/aromatic N) is 2.